The van der Waals surface area contributed by atoms with Gasteiger partial charge in [0.05, 0.1) is 24.4 Å². The van der Waals surface area contributed by atoms with Gasteiger partial charge in [0.15, 0.2) is 5.82 Å². The van der Waals surface area contributed by atoms with Crippen LogP contribution in [0.25, 0.3) is 5.95 Å². The SMILES string of the molecule is COC(=O)c1cc(NC(=O)N[C@@H](C)c2ncnn2-c2ncccn2)c(F)cc1Br. The summed E-state index contributed by atoms with van der Waals surface area (Å²) in [5.41, 5.74) is -0.121. The van der Waals surface area contributed by atoms with Crippen molar-refractivity contribution in [3.63, 3.8) is 0 Å². The van der Waals surface area contributed by atoms with E-state index in [1.54, 1.807) is 25.4 Å². The Balaban J connectivity index is 1.75. The summed E-state index contributed by atoms with van der Waals surface area (Å²) in [5.74, 6) is -0.744. The molecule has 0 bridgehead atoms. The van der Waals surface area contributed by atoms with Crippen molar-refractivity contribution in [1.82, 2.24) is 30.0 Å². The number of esters is 1. The number of ether oxygens (including phenoxy) is 1. The highest BCUT2D eigenvalue weighted by Gasteiger charge is 2.20. The Kier molecular flexibility index (Phi) is 6.12. The van der Waals surface area contributed by atoms with Gasteiger partial charge >= 0.3 is 12.0 Å². The molecule has 0 fully saturated rings. The summed E-state index contributed by atoms with van der Waals surface area (Å²) in [7, 11) is 1.20. The van der Waals surface area contributed by atoms with E-state index in [-0.39, 0.29) is 21.7 Å². The number of hydrogen-bond donors (Lipinski definition) is 2. The van der Waals surface area contributed by atoms with Gasteiger partial charge in [-0.2, -0.15) is 9.78 Å². The third-order valence-corrected chi connectivity index (χ3v) is 4.42. The molecule has 0 unspecified atom stereocenters. The molecule has 0 aliphatic carbocycles. The summed E-state index contributed by atoms with van der Waals surface area (Å²) in [5, 5.41) is 9.04. The lowest BCUT2D eigenvalue weighted by Crippen LogP contribution is -2.33. The molecule has 2 amide bonds. The first kappa shape index (κ1) is 20.3. The second-order valence-electron chi connectivity index (χ2n) is 5.70. The summed E-state index contributed by atoms with van der Waals surface area (Å²) < 4.78 is 20.4. The highest BCUT2D eigenvalue weighted by Crippen LogP contribution is 2.25. The molecule has 0 saturated carbocycles. The van der Waals surface area contributed by atoms with Crippen LogP contribution in [0.1, 0.15) is 29.1 Å². The number of methoxy groups -OCH3 is 1. The van der Waals surface area contributed by atoms with E-state index in [1.807, 2.05) is 0 Å². The Labute approximate surface area is 172 Å². The molecule has 1 aromatic carbocycles. The van der Waals surface area contributed by atoms with E-state index in [1.165, 1.54) is 24.2 Å². The van der Waals surface area contributed by atoms with Crippen LogP contribution in [0.2, 0.25) is 0 Å². The van der Waals surface area contributed by atoms with Gasteiger partial charge in [-0.25, -0.2) is 28.9 Å². The molecule has 1 atom stereocenters. The quantitative estimate of drug-likeness (QED) is 0.557. The predicted molar refractivity (Wildman–Crippen MR) is 103 cm³/mol. The van der Waals surface area contributed by atoms with Gasteiger partial charge in [-0.1, -0.05) is 0 Å². The standard InChI is InChI=1S/C17H15BrFN7O3/c1-9(14-22-8-23-26(14)16-20-4-3-5-21-16)24-17(28)25-13-6-10(15(27)29-2)11(18)7-12(13)19/h3-9H,1-2H3,(H2,24,25,28)/t9-/m0/s1. The topological polar surface area (TPSA) is 124 Å². The second-order valence-corrected chi connectivity index (χ2v) is 6.56. The van der Waals surface area contributed by atoms with Crippen LogP contribution < -0.4 is 10.6 Å². The zero-order valence-electron chi connectivity index (χ0n) is 15.3. The van der Waals surface area contributed by atoms with Crippen molar-refractivity contribution in [2.24, 2.45) is 0 Å². The zero-order chi connectivity index (χ0) is 21.0. The van der Waals surface area contributed by atoms with Crippen LogP contribution in [0.3, 0.4) is 0 Å². The average molecular weight is 464 g/mol. The molecule has 150 valence electrons. The minimum atomic E-state index is -0.729. The number of nitrogens with one attached hydrogen (secondary N) is 2. The molecule has 3 aromatic rings. The fourth-order valence-corrected chi connectivity index (χ4v) is 2.91. The first-order valence-corrected chi connectivity index (χ1v) is 9.02. The number of amides is 2. The van der Waals surface area contributed by atoms with Crippen molar-refractivity contribution in [3.8, 4) is 5.95 Å². The monoisotopic (exact) mass is 463 g/mol. The lowest BCUT2D eigenvalue weighted by Gasteiger charge is -2.15. The molecule has 3 rings (SSSR count). The molecule has 2 aromatic heterocycles. The Morgan fingerprint density at radius 3 is 2.66 bits per heavy atom. The molecule has 0 aliphatic rings. The van der Waals surface area contributed by atoms with Crippen LogP contribution >= 0.6 is 15.9 Å². The summed E-state index contributed by atoms with van der Waals surface area (Å²) in [4.78, 5) is 36.4. The first-order chi connectivity index (χ1) is 13.9. The van der Waals surface area contributed by atoms with Crippen LogP contribution in [-0.2, 0) is 4.74 Å². The number of aromatic nitrogens is 5. The van der Waals surface area contributed by atoms with E-state index in [0.717, 1.165) is 6.07 Å². The van der Waals surface area contributed by atoms with E-state index >= 15 is 0 Å². The number of rotatable bonds is 5. The number of halogens is 2. The largest absolute Gasteiger partial charge is 0.465 e. The van der Waals surface area contributed by atoms with Crippen molar-refractivity contribution >= 4 is 33.6 Å². The Bertz CT molecular complexity index is 1040. The predicted octanol–water partition coefficient (Wildman–Crippen LogP) is 2.63. The third-order valence-electron chi connectivity index (χ3n) is 3.76. The van der Waals surface area contributed by atoms with Crippen LogP contribution in [0, 0.1) is 5.82 Å². The molecule has 0 saturated heterocycles. The smallest absolute Gasteiger partial charge is 0.339 e. The maximum Gasteiger partial charge on any atom is 0.339 e. The Morgan fingerprint density at radius 2 is 1.97 bits per heavy atom. The second kappa shape index (κ2) is 8.73. The third kappa shape index (κ3) is 4.54. The van der Waals surface area contributed by atoms with Gasteiger partial charge in [-0.05, 0) is 41.1 Å². The highest BCUT2D eigenvalue weighted by atomic mass is 79.9. The van der Waals surface area contributed by atoms with Crippen molar-refractivity contribution < 1.29 is 18.7 Å². The van der Waals surface area contributed by atoms with E-state index in [4.69, 9.17) is 0 Å². The summed E-state index contributed by atoms with van der Waals surface area (Å²) >= 11 is 3.09. The highest BCUT2D eigenvalue weighted by molar-refractivity contribution is 9.10. The molecule has 12 heteroatoms. The molecule has 0 radical (unpaired) electrons. The van der Waals surface area contributed by atoms with Gasteiger partial charge in [-0.3, -0.25) is 0 Å². The van der Waals surface area contributed by atoms with Crippen LogP contribution in [0.15, 0.2) is 41.4 Å². The number of carbonyl (C=O) groups is 2. The average Bonchev–Trinajstić information content (AvgIpc) is 3.20. The number of hydrogen-bond acceptors (Lipinski definition) is 7. The van der Waals surface area contributed by atoms with Crippen LogP contribution in [0.5, 0.6) is 0 Å². The van der Waals surface area contributed by atoms with Gasteiger partial charge in [0.1, 0.15) is 12.1 Å². The fourth-order valence-electron chi connectivity index (χ4n) is 2.43. The molecule has 0 aliphatic heterocycles. The van der Waals surface area contributed by atoms with Gasteiger partial charge in [-0.15, -0.1) is 0 Å². The summed E-state index contributed by atoms with van der Waals surface area (Å²) in [6, 6.07) is 2.58. The molecule has 2 N–H and O–H groups in total. The molecule has 0 spiro atoms. The normalized spacial score (nSPS) is 11.6. The maximum atomic E-state index is 14.2. The lowest BCUT2D eigenvalue weighted by atomic mass is 10.2. The van der Waals surface area contributed by atoms with Crippen molar-refractivity contribution in [2.45, 2.75) is 13.0 Å². The first-order valence-electron chi connectivity index (χ1n) is 8.23. The maximum absolute atomic E-state index is 14.2. The Hall–Kier alpha value is -3.41. The molecule has 10 nitrogen and oxygen atoms in total. The van der Waals surface area contributed by atoms with Crippen LogP contribution in [-0.4, -0.2) is 43.8 Å². The Morgan fingerprint density at radius 1 is 1.24 bits per heavy atom. The van der Waals surface area contributed by atoms with E-state index in [2.05, 4.69) is 51.4 Å². The number of nitrogens with zero attached hydrogens (tertiary/aromatic N) is 5. The number of anilines is 1. The van der Waals surface area contributed by atoms with Crippen molar-refractivity contribution in [3.05, 3.63) is 58.6 Å². The van der Waals surface area contributed by atoms with Gasteiger partial charge in [0, 0.05) is 16.9 Å². The van der Waals surface area contributed by atoms with E-state index < -0.39 is 23.9 Å². The molecular weight excluding hydrogens is 449 g/mol. The van der Waals surface area contributed by atoms with Crippen molar-refractivity contribution in [1.29, 1.82) is 0 Å². The zero-order valence-corrected chi connectivity index (χ0v) is 16.8. The molecule has 2 heterocycles. The van der Waals surface area contributed by atoms with Crippen LogP contribution in [0.4, 0.5) is 14.9 Å². The minimum Gasteiger partial charge on any atom is -0.465 e. The fraction of sp³-hybridized carbons (Fsp3) is 0.176. The van der Waals surface area contributed by atoms with Gasteiger partial charge in [0.2, 0.25) is 0 Å². The number of carbonyl (C=O) groups excluding carboxylic acids is 2. The number of urea groups is 1. The summed E-state index contributed by atoms with van der Waals surface area (Å²) in [6.45, 7) is 1.67. The van der Waals surface area contributed by atoms with Gasteiger partial charge < -0.3 is 15.4 Å². The van der Waals surface area contributed by atoms with E-state index in [0.29, 0.717) is 5.82 Å². The minimum absolute atomic E-state index is 0.0678. The molecular formula is C17H15BrFN7O3. The summed E-state index contributed by atoms with van der Waals surface area (Å²) in [6.07, 6.45) is 4.40. The van der Waals surface area contributed by atoms with Crippen molar-refractivity contribution in [2.75, 3.05) is 12.4 Å². The molecule has 29 heavy (non-hydrogen) atoms. The number of benzene rings is 1. The van der Waals surface area contributed by atoms with Gasteiger partial charge in [0.25, 0.3) is 5.95 Å². The van der Waals surface area contributed by atoms with E-state index in [9.17, 15) is 14.0 Å². The lowest BCUT2D eigenvalue weighted by molar-refractivity contribution is 0.0599.